The molecular weight excluding hydrogens is 517 g/mol. The van der Waals surface area contributed by atoms with Crippen molar-refractivity contribution in [3.63, 3.8) is 0 Å². The third kappa shape index (κ3) is 5.08. The minimum absolute atomic E-state index is 0.0139. The Labute approximate surface area is 230 Å². The Morgan fingerprint density at radius 1 is 1.07 bits per heavy atom. The SMILES string of the molecule is CC(C)(O)Cn1ccc2cc(-c3ccc(C(=O)N4CC[C@](C)(N)C4)cc3-c3ccc(C#N)c(F)c3)c(F)c(F)c21. The summed E-state index contributed by atoms with van der Waals surface area (Å²) in [6, 6.07) is 13.4. The van der Waals surface area contributed by atoms with Crippen molar-refractivity contribution in [3.8, 4) is 28.3 Å². The monoisotopic (exact) mass is 546 g/mol. The van der Waals surface area contributed by atoms with Gasteiger partial charge in [0.15, 0.2) is 11.6 Å². The van der Waals surface area contributed by atoms with E-state index in [0.29, 0.717) is 41.6 Å². The first-order chi connectivity index (χ1) is 18.8. The molecule has 1 aromatic heterocycles. The molecule has 1 fully saturated rings. The molecular formula is C31H29F3N4O2. The predicted molar refractivity (Wildman–Crippen MR) is 147 cm³/mol. The van der Waals surface area contributed by atoms with Crippen LogP contribution in [0.4, 0.5) is 13.2 Å². The summed E-state index contributed by atoms with van der Waals surface area (Å²) in [5.41, 5.74) is 5.47. The fraction of sp³-hybridized carbons (Fsp3) is 0.290. The first-order valence-electron chi connectivity index (χ1n) is 12.9. The van der Waals surface area contributed by atoms with Crippen molar-refractivity contribution in [2.75, 3.05) is 13.1 Å². The maximum Gasteiger partial charge on any atom is 0.253 e. The Morgan fingerprint density at radius 2 is 1.82 bits per heavy atom. The number of nitrogens with zero attached hydrogens (tertiary/aromatic N) is 3. The lowest BCUT2D eigenvalue weighted by molar-refractivity contribution is 0.0626. The highest BCUT2D eigenvalue weighted by atomic mass is 19.2. The van der Waals surface area contributed by atoms with E-state index in [-0.39, 0.29) is 34.7 Å². The van der Waals surface area contributed by atoms with Crippen LogP contribution in [0, 0.1) is 28.8 Å². The Bertz CT molecular complexity index is 1700. The van der Waals surface area contributed by atoms with Gasteiger partial charge in [0, 0.05) is 41.3 Å². The summed E-state index contributed by atoms with van der Waals surface area (Å²) >= 11 is 0. The summed E-state index contributed by atoms with van der Waals surface area (Å²) < 4.78 is 47.4. The molecule has 0 radical (unpaired) electrons. The summed E-state index contributed by atoms with van der Waals surface area (Å²) in [5, 5.41) is 19.8. The normalized spacial score (nSPS) is 17.4. The van der Waals surface area contributed by atoms with Crippen LogP contribution in [0.3, 0.4) is 0 Å². The van der Waals surface area contributed by atoms with Crippen LogP contribution >= 0.6 is 0 Å². The molecule has 1 saturated heterocycles. The molecule has 1 atom stereocenters. The molecule has 2 heterocycles. The molecule has 0 unspecified atom stereocenters. The lowest BCUT2D eigenvalue weighted by Crippen LogP contribution is -2.40. The van der Waals surface area contributed by atoms with Crippen molar-refractivity contribution >= 4 is 16.8 Å². The van der Waals surface area contributed by atoms with Crippen LogP contribution in [-0.2, 0) is 6.54 Å². The van der Waals surface area contributed by atoms with Crippen molar-refractivity contribution in [2.45, 2.75) is 44.9 Å². The molecule has 6 nitrogen and oxygen atoms in total. The number of carbonyl (C=O) groups excluding carboxylic acids is 1. The van der Waals surface area contributed by atoms with E-state index >= 15 is 8.78 Å². The van der Waals surface area contributed by atoms with Gasteiger partial charge in [0.25, 0.3) is 5.91 Å². The van der Waals surface area contributed by atoms with Gasteiger partial charge in [0.2, 0.25) is 0 Å². The summed E-state index contributed by atoms with van der Waals surface area (Å²) in [4.78, 5) is 15.0. The van der Waals surface area contributed by atoms with Gasteiger partial charge in [0.1, 0.15) is 11.9 Å². The number of benzene rings is 3. The zero-order chi connectivity index (χ0) is 29.0. The van der Waals surface area contributed by atoms with Gasteiger partial charge in [0.05, 0.1) is 23.2 Å². The Kier molecular flexibility index (Phi) is 6.73. The molecule has 206 valence electrons. The molecule has 0 saturated carbocycles. The highest BCUT2D eigenvalue weighted by Gasteiger charge is 2.33. The lowest BCUT2D eigenvalue weighted by Gasteiger charge is -2.21. The van der Waals surface area contributed by atoms with E-state index in [0.717, 1.165) is 6.07 Å². The molecule has 3 aromatic carbocycles. The molecule has 3 N–H and O–H groups in total. The van der Waals surface area contributed by atoms with Crippen molar-refractivity contribution in [1.29, 1.82) is 5.26 Å². The second-order valence-electron chi connectivity index (χ2n) is 11.4. The Hall–Kier alpha value is -4.13. The molecule has 0 aliphatic carbocycles. The van der Waals surface area contributed by atoms with Gasteiger partial charge in [-0.1, -0.05) is 12.1 Å². The number of carbonyl (C=O) groups is 1. The number of aromatic nitrogens is 1. The van der Waals surface area contributed by atoms with Gasteiger partial charge in [-0.15, -0.1) is 0 Å². The van der Waals surface area contributed by atoms with E-state index < -0.39 is 28.6 Å². The van der Waals surface area contributed by atoms with Crippen LogP contribution in [0.25, 0.3) is 33.2 Å². The molecule has 4 aromatic rings. The predicted octanol–water partition coefficient (Wildman–Crippen LogP) is 5.60. The van der Waals surface area contributed by atoms with Crippen molar-refractivity contribution < 1.29 is 23.1 Å². The van der Waals surface area contributed by atoms with Crippen molar-refractivity contribution in [1.82, 2.24) is 9.47 Å². The summed E-state index contributed by atoms with van der Waals surface area (Å²) in [6.45, 7) is 5.92. The third-order valence-corrected chi connectivity index (χ3v) is 7.24. The van der Waals surface area contributed by atoms with E-state index in [1.54, 1.807) is 37.1 Å². The molecule has 1 aliphatic rings. The number of halogens is 3. The van der Waals surface area contributed by atoms with Gasteiger partial charge >= 0.3 is 0 Å². The van der Waals surface area contributed by atoms with Crippen molar-refractivity contribution in [3.05, 3.63) is 83.3 Å². The number of rotatable bonds is 5. The molecule has 5 rings (SSSR count). The van der Waals surface area contributed by atoms with E-state index in [1.165, 1.54) is 41.0 Å². The smallest absolute Gasteiger partial charge is 0.253 e. The summed E-state index contributed by atoms with van der Waals surface area (Å²) in [5.74, 6) is -3.25. The molecule has 40 heavy (non-hydrogen) atoms. The molecule has 0 bridgehead atoms. The average molecular weight is 547 g/mol. The topological polar surface area (TPSA) is 95.3 Å². The van der Waals surface area contributed by atoms with E-state index in [2.05, 4.69) is 0 Å². The maximum atomic E-state index is 15.7. The minimum atomic E-state index is -1.15. The number of hydrogen-bond acceptors (Lipinski definition) is 4. The zero-order valence-corrected chi connectivity index (χ0v) is 22.4. The number of hydrogen-bond donors (Lipinski definition) is 2. The number of fused-ring (bicyclic) bond motifs is 1. The first kappa shape index (κ1) is 27.4. The molecule has 0 spiro atoms. The maximum absolute atomic E-state index is 15.7. The number of nitriles is 1. The fourth-order valence-corrected chi connectivity index (χ4v) is 5.31. The number of amides is 1. The van der Waals surface area contributed by atoms with Crippen LogP contribution in [0.1, 0.15) is 43.1 Å². The highest BCUT2D eigenvalue weighted by Crippen LogP contribution is 2.39. The van der Waals surface area contributed by atoms with Gasteiger partial charge in [-0.2, -0.15) is 5.26 Å². The summed E-state index contributed by atoms with van der Waals surface area (Å²) in [7, 11) is 0. The lowest BCUT2D eigenvalue weighted by atomic mass is 9.91. The van der Waals surface area contributed by atoms with Crippen LogP contribution < -0.4 is 5.73 Å². The standard InChI is InChI=1S/C31H29F3N4O2/c1-30(2,40)16-37-10-8-19-12-24(26(33)27(34)28(19)37)22-7-6-20(29(39)38-11-9-31(3,36)17-38)13-23(22)18-4-5-21(15-35)25(32)14-18/h4-8,10,12-14,40H,9,11,16-17,36H2,1-3H3/t31-/m0/s1. The Balaban J connectivity index is 1.68. The minimum Gasteiger partial charge on any atom is -0.389 e. The highest BCUT2D eigenvalue weighted by molar-refractivity contribution is 5.99. The molecule has 1 aliphatic heterocycles. The number of nitrogens with two attached hydrogens (primary N) is 1. The van der Waals surface area contributed by atoms with Crippen LogP contribution in [0.2, 0.25) is 0 Å². The summed E-state index contributed by atoms with van der Waals surface area (Å²) in [6.07, 6.45) is 2.22. The fourth-order valence-electron chi connectivity index (χ4n) is 5.31. The zero-order valence-electron chi connectivity index (χ0n) is 22.4. The molecule has 1 amide bonds. The van der Waals surface area contributed by atoms with Crippen LogP contribution in [0.5, 0.6) is 0 Å². The largest absolute Gasteiger partial charge is 0.389 e. The Morgan fingerprint density at radius 3 is 2.45 bits per heavy atom. The number of likely N-dealkylation sites (tertiary alicyclic amines) is 1. The van der Waals surface area contributed by atoms with E-state index in [9.17, 15) is 19.6 Å². The van der Waals surface area contributed by atoms with Crippen LogP contribution in [0.15, 0.2) is 54.7 Å². The average Bonchev–Trinajstić information content (AvgIpc) is 3.46. The van der Waals surface area contributed by atoms with Crippen LogP contribution in [-0.4, -0.2) is 44.7 Å². The quantitative estimate of drug-likeness (QED) is 0.341. The second-order valence-corrected chi connectivity index (χ2v) is 11.4. The molecule has 9 heteroatoms. The number of aliphatic hydroxyl groups is 1. The van der Waals surface area contributed by atoms with Crippen molar-refractivity contribution in [2.24, 2.45) is 5.73 Å². The van der Waals surface area contributed by atoms with E-state index in [4.69, 9.17) is 5.73 Å². The van der Waals surface area contributed by atoms with Gasteiger partial charge in [-0.05, 0) is 80.3 Å². The van der Waals surface area contributed by atoms with Gasteiger partial charge < -0.3 is 20.3 Å². The van der Waals surface area contributed by atoms with E-state index in [1.807, 2.05) is 6.92 Å². The first-order valence-corrected chi connectivity index (χ1v) is 12.9. The third-order valence-electron chi connectivity index (χ3n) is 7.24. The van der Waals surface area contributed by atoms with Gasteiger partial charge in [-0.25, -0.2) is 13.2 Å². The second kappa shape index (κ2) is 9.81. The van der Waals surface area contributed by atoms with Gasteiger partial charge in [-0.3, -0.25) is 4.79 Å².